The first kappa shape index (κ1) is 27.5. The molecule has 42 heavy (non-hydrogen) atoms. The summed E-state index contributed by atoms with van der Waals surface area (Å²) in [5.74, 6) is -0.279. The third-order valence-electron chi connectivity index (χ3n) is 8.37. The van der Waals surface area contributed by atoms with Crippen LogP contribution in [0, 0.1) is 0 Å². The molecule has 2 fully saturated rings. The number of likely N-dealkylation sites (N-methyl/N-ethyl adjacent to an activating group) is 1. The SMILES string of the molecule is C[C@H]1C2N(C(=O)CN(C)N2C(=O)NCc2ccccc2)[C@@H](Cc2ccccc2)C(=O)N1Cc1cccc2ccccc12. The fraction of sp³-hybridized carbons (Fsp3) is 0.265. The summed E-state index contributed by atoms with van der Waals surface area (Å²) < 4.78 is 0. The van der Waals surface area contributed by atoms with Gasteiger partial charge in [0.25, 0.3) is 0 Å². The number of nitrogens with zero attached hydrogens (tertiary/aromatic N) is 4. The standard InChI is InChI=1S/C34H35N5O3/c1-24-32-38(31(40)23-36(2)39(32)34(42)35-21-26-14-7-4-8-15-26)30(20-25-12-5-3-6-13-25)33(41)37(24)22-28-18-11-17-27-16-9-10-19-29(27)28/h3-19,24,30,32H,20-23H2,1-2H3,(H,35,42)/t24-,30-,32?/m0/s1. The number of benzene rings is 4. The van der Waals surface area contributed by atoms with Crippen LogP contribution in [0.3, 0.4) is 0 Å². The number of hydrogen-bond acceptors (Lipinski definition) is 4. The van der Waals surface area contributed by atoms with E-state index in [1.165, 1.54) is 0 Å². The molecule has 0 radical (unpaired) electrons. The molecule has 2 heterocycles. The third-order valence-corrected chi connectivity index (χ3v) is 8.37. The first-order valence-corrected chi connectivity index (χ1v) is 14.4. The van der Waals surface area contributed by atoms with Crippen molar-refractivity contribution in [3.63, 3.8) is 0 Å². The summed E-state index contributed by atoms with van der Waals surface area (Å²) in [6.45, 7) is 2.66. The van der Waals surface area contributed by atoms with E-state index in [9.17, 15) is 14.4 Å². The topological polar surface area (TPSA) is 76.2 Å². The second-order valence-electron chi connectivity index (χ2n) is 11.1. The lowest BCUT2D eigenvalue weighted by Gasteiger charge is -2.57. The van der Waals surface area contributed by atoms with E-state index in [-0.39, 0.29) is 24.4 Å². The van der Waals surface area contributed by atoms with Gasteiger partial charge in [0.1, 0.15) is 12.2 Å². The number of carbonyl (C=O) groups is 3. The van der Waals surface area contributed by atoms with Crippen molar-refractivity contribution in [2.24, 2.45) is 0 Å². The molecule has 6 rings (SSSR count). The van der Waals surface area contributed by atoms with Crippen molar-refractivity contribution in [3.05, 3.63) is 120 Å². The van der Waals surface area contributed by atoms with Gasteiger partial charge in [0.05, 0.1) is 12.6 Å². The maximum Gasteiger partial charge on any atom is 0.334 e. The van der Waals surface area contributed by atoms with Crippen LogP contribution in [0.4, 0.5) is 4.79 Å². The Kier molecular flexibility index (Phi) is 7.63. The first-order valence-electron chi connectivity index (χ1n) is 14.4. The molecule has 4 amide bonds. The first-order chi connectivity index (χ1) is 20.4. The van der Waals surface area contributed by atoms with Gasteiger partial charge in [-0.1, -0.05) is 103 Å². The van der Waals surface area contributed by atoms with Crippen LogP contribution in [-0.2, 0) is 29.1 Å². The summed E-state index contributed by atoms with van der Waals surface area (Å²) >= 11 is 0. The Morgan fingerprint density at radius 3 is 2.21 bits per heavy atom. The number of hydrazine groups is 1. The van der Waals surface area contributed by atoms with Gasteiger partial charge in [0.2, 0.25) is 11.8 Å². The van der Waals surface area contributed by atoms with E-state index in [0.717, 1.165) is 27.5 Å². The predicted molar refractivity (Wildman–Crippen MR) is 162 cm³/mol. The second kappa shape index (κ2) is 11.7. The van der Waals surface area contributed by atoms with Crippen molar-refractivity contribution < 1.29 is 14.4 Å². The molecule has 0 aromatic heterocycles. The molecule has 8 heteroatoms. The highest BCUT2D eigenvalue weighted by molar-refractivity contribution is 5.92. The summed E-state index contributed by atoms with van der Waals surface area (Å²) in [7, 11) is 1.75. The number of amides is 4. The maximum absolute atomic E-state index is 14.3. The Balaban J connectivity index is 1.37. The predicted octanol–water partition coefficient (Wildman–Crippen LogP) is 4.41. The molecule has 2 aliphatic heterocycles. The van der Waals surface area contributed by atoms with E-state index in [0.29, 0.717) is 19.5 Å². The lowest BCUT2D eigenvalue weighted by molar-refractivity contribution is -0.196. The van der Waals surface area contributed by atoms with Gasteiger partial charge in [-0.3, -0.25) is 9.59 Å². The van der Waals surface area contributed by atoms with E-state index in [1.54, 1.807) is 22.0 Å². The van der Waals surface area contributed by atoms with Crippen molar-refractivity contribution in [1.29, 1.82) is 0 Å². The Hall–Kier alpha value is -4.69. The Labute approximate surface area is 246 Å². The zero-order valence-corrected chi connectivity index (χ0v) is 23.9. The quantitative estimate of drug-likeness (QED) is 0.379. The van der Waals surface area contributed by atoms with Crippen LogP contribution in [-0.4, -0.2) is 69.5 Å². The molecule has 214 valence electrons. The fourth-order valence-electron chi connectivity index (χ4n) is 6.28. The van der Waals surface area contributed by atoms with Gasteiger partial charge >= 0.3 is 6.03 Å². The van der Waals surface area contributed by atoms with Crippen LogP contribution in [0.15, 0.2) is 103 Å². The minimum atomic E-state index is -0.741. The summed E-state index contributed by atoms with van der Waals surface area (Å²) in [5, 5.41) is 8.51. The van der Waals surface area contributed by atoms with Crippen LogP contribution in [0.1, 0.15) is 23.6 Å². The van der Waals surface area contributed by atoms with Crippen molar-refractivity contribution in [1.82, 2.24) is 25.1 Å². The zero-order valence-electron chi connectivity index (χ0n) is 23.9. The highest BCUT2D eigenvalue weighted by Crippen LogP contribution is 2.33. The number of piperazine rings is 1. The summed E-state index contributed by atoms with van der Waals surface area (Å²) in [6.07, 6.45) is -0.308. The van der Waals surface area contributed by atoms with Crippen LogP contribution in [0.2, 0.25) is 0 Å². The van der Waals surface area contributed by atoms with Gasteiger partial charge in [-0.05, 0) is 34.4 Å². The second-order valence-corrected chi connectivity index (χ2v) is 11.1. The van der Waals surface area contributed by atoms with E-state index < -0.39 is 18.2 Å². The molecule has 4 aromatic rings. The van der Waals surface area contributed by atoms with Crippen LogP contribution >= 0.6 is 0 Å². The minimum absolute atomic E-state index is 0.00384. The molecular formula is C34H35N5O3. The van der Waals surface area contributed by atoms with E-state index in [2.05, 4.69) is 23.5 Å². The van der Waals surface area contributed by atoms with Crippen LogP contribution in [0.5, 0.6) is 0 Å². The maximum atomic E-state index is 14.3. The highest BCUT2D eigenvalue weighted by atomic mass is 16.2. The molecule has 0 spiro atoms. The van der Waals surface area contributed by atoms with Crippen molar-refractivity contribution in [2.75, 3.05) is 13.6 Å². The van der Waals surface area contributed by atoms with E-state index in [4.69, 9.17) is 0 Å². The third kappa shape index (κ3) is 5.21. The molecule has 3 atom stereocenters. The molecule has 2 aliphatic rings. The van der Waals surface area contributed by atoms with Crippen LogP contribution in [0.25, 0.3) is 10.8 Å². The largest absolute Gasteiger partial charge is 0.334 e. The number of urea groups is 1. The van der Waals surface area contributed by atoms with Gasteiger partial charge in [-0.15, -0.1) is 0 Å². The molecule has 0 aliphatic carbocycles. The van der Waals surface area contributed by atoms with Gasteiger partial charge in [-0.25, -0.2) is 14.8 Å². The lowest BCUT2D eigenvalue weighted by Crippen LogP contribution is -2.78. The van der Waals surface area contributed by atoms with Gasteiger partial charge in [0, 0.05) is 26.6 Å². The molecular weight excluding hydrogens is 526 g/mol. The van der Waals surface area contributed by atoms with E-state index >= 15 is 0 Å². The van der Waals surface area contributed by atoms with Crippen molar-refractivity contribution >= 4 is 28.6 Å². The molecule has 0 bridgehead atoms. The van der Waals surface area contributed by atoms with E-state index in [1.807, 2.05) is 96.8 Å². The Bertz CT molecular complexity index is 1590. The Morgan fingerprint density at radius 2 is 1.48 bits per heavy atom. The van der Waals surface area contributed by atoms with Crippen molar-refractivity contribution in [2.45, 2.75) is 44.7 Å². The molecule has 8 nitrogen and oxygen atoms in total. The van der Waals surface area contributed by atoms with Gasteiger partial charge in [-0.2, -0.15) is 0 Å². The zero-order chi connectivity index (χ0) is 29.2. The monoisotopic (exact) mass is 561 g/mol. The van der Waals surface area contributed by atoms with Gasteiger partial charge < -0.3 is 15.1 Å². The number of fused-ring (bicyclic) bond motifs is 2. The summed E-state index contributed by atoms with van der Waals surface area (Å²) in [6, 6.07) is 32.2. The molecule has 1 unspecified atom stereocenters. The van der Waals surface area contributed by atoms with Gasteiger partial charge in [0.15, 0.2) is 0 Å². The lowest BCUT2D eigenvalue weighted by atomic mass is 9.94. The smallest absolute Gasteiger partial charge is 0.333 e. The minimum Gasteiger partial charge on any atom is -0.333 e. The average Bonchev–Trinajstić information content (AvgIpc) is 3.01. The summed E-state index contributed by atoms with van der Waals surface area (Å²) in [4.78, 5) is 45.3. The average molecular weight is 562 g/mol. The Morgan fingerprint density at radius 1 is 0.833 bits per heavy atom. The number of nitrogens with one attached hydrogen (secondary N) is 1. The molecule has 0 saturated carbocycles. The van der Waals surface area contributed by atoms with Crippen molar-refractivity contribution in [3.8, 4) is 0 Å². The normalized spacial score (nSPS) is 21.0. The number of hydrogen-bond donors (Lipinski definition) is 1. The highest BCUT2D eigenvalue weighted by Gasteiger charge is 2.54. The number of rotatable bonds is 6. The van der Waals surface area contributed by atoms with Crippen LogP contribution < -0.4 is 5.32 Å². The summed E-state index contributed by atoms with van der Waals surface area (Å²) in [5.41, 5.74) is 2.96. The fourth-order valence-corrected chi connectivity index (χ4v) is 6.28. The molecule has 4 aromatic carbocycles. The molecule has 1 N–H and O–H groups in total. The number of carbonyl (C=O) groups excluding carboxylic acids is 3. The molecule has 2 saturated heterocycles.